The van der Waals surface area contributed by atoms with Crippen LogP contribution in [-0.2, 0) is 31.3 Å². The Morgan fingerprint density at radius 3 is 1.42 bits per heavy atom. The normalized spacial score (nSPS) is 14.4. The molecule has 234 valence electrons. The van der Waals surface area contributed by atoms with Gasteiger partial charge < -0.3 is 30.4 Å². The number of nitrogens with one attached hydrogen (secondary N) is 2. The molecule has 0 aliphatic carbocycles. The van der Waals surface area contributed by atoms with Gasteiger partial charge in [0, 0.05) is 67.8 Å². The van der Waals surface area contributed by atoms with Crippen LogP contribution in [0, 0.1) is 13.8 Å². The fraction of sp³-hybridized carbons (Fsp3) is 0.353. The first-order valence-corrected chi connectivity index (χ1v) is 14.7. The maximum atomic E-state index is 11.6. The molecule has 3 aromatic rings. The summed E-state index contributed by atoms with van der Waals surface area (Å²) in [6, 6.07) is 7.51. The van der Waals surface area contributed by atoms with E-state index in [4.69, 9.17) is 9.97 Å². The molecule has 0 radical (unpaired) electrons. The number of allylic oxidation sites excluding steroid dienone is 4. The molecular weight excluding hydrogens is 608 g/mol. The van der Waals surface area contributed by atoms with Crippen molar-refractivity contribution in [2.45, 2.75) is 79.4 Å². The first-order chi connectivity index (χ1) is 20.8. The number of aryl methyl sites for hydroxylation is 2. The quantitative estimate of drug-likeness (QED) is 0.148. The Labute approximate surface area is 275 Å². The molecule has 5 heterocycles. The number of hydrogen-bond acceptors (Lipinski definition) is 6. The van der Waals surface area contributed by atoms with Crippen LogP contribution in [-0.4, -0.2) is 52.3 Å². The van der Waals surface area contributed by atoms with E-state index < -0.39 is 24.1 Å². The second-order valence-electron chi connectivity index (χ2n) is 11.7. The fourth-order valence-electron chi connectivity index (χ4n) is 6.32. The zero-order chi connectivity index (χ0) is 32.0. The summed E-state index contributed by atoms with van der Waals surface area (Å²) in [6.07, 6.45) is -1.18. The van der Waals surface area contributed by atoms with Crippen LogP contribution >= 0.6 is 0 Å². The van der Waals surface area contributed by atoms with Gasteiger partial charge in [-0.1, -0.05) is 0 Å². The molecule has 45 heavy (non-hydrogen) atoms. The van der Waals surface area contributed by atoms with Crippen molar-refractivity contribution in [3.05, 3.63) is 69.3 Å². The van der Waals surface area contributed by atoms with Crippen LogP contribution in [0.3, 0.4) is 0 Å². The third kappa shape index (κ3) is 6.60. The largest absolute Gasteiger partial charge is 0.481 e. The minimum Gasteiger partial charge on any atom is -0.481 e. The number of aliphatic carboxylic acids is 2. The van der Waals surface area contributed by atoms with Crippen molar-refractivity contribution in [2.24, 2.45) is 0 Å². The van der Waals surface area contributed by atoms with Gasteiger partial charge >= 0.3 is 11.9 Å². The minimum absolute atomic E-state index is 0. The Morgan fingerprint density at radius 1 is 0.644 bits per heavy atom. The number of aliphatic hydroxyl groups excluding tert-OH is 2. The van der Waals surface area contributed by atoms with Gasteiger partial charge in [-0.3, -0.25) is 9.59 Å². The van der Waals surface area contributed by atoms with Gasteiger partial charge in [-0.25, -0.2) is 9.97 Å². The molecule has 2 atom stereocenters. The van der Waals surface area contributed by atoms with Crippen molar-refractivity contribution in [3.8, 4) is 0 Å². The predicted octanol–water partition coefficient (Wildman–Crippen LogP) is 6.63. The zero-order valence-corrected chi connectivity index (χ0v) is 27.9. The number of rotatable bonds is 8. The maximum Gasteiger partial charge on any atom is 0.303 e. The third-order valence-electron chi connectivity index (χ3n) is 8.65. The van der Waals surface area contributed by atoms with E-state index in [1.807, 2.05) is 52.0 Å². The Balaban J connectivity index is 0.00000461. The Morgan fingerprint density at radius 2 is 1.02 bits per heavy atom. The average Bonchev–Trinajstić information content (AvgIpc) is 3.59. The van der Waals surface area contributed by atoms with Crippen LogP contribution < -0.4 is 0 Å². The molecule has 5 rings (SSSR count). The topological polar surface area (TPSA) is 172 Å². The second kappa shape index (κ2) is 13.3. The van der Waals surface area contributed by atoms with Gasteiger partial charge in [0.2, 0.25) is 0 Å². The van der Waals surface area contributed by atoms with Crippen molar-refractivity contribution in [1.29, 1.82) is 0 Å². The first kappa shape index (κ1) is 34.1. The number of aliphatic hydroxyl groups is 2. The summed E-state index contributed by atoms with van der Waals surface area (Å²) in [7, 11) is 0. The molecule has 0 fully saturated rings. The number of carbonyl (C=O) groups is 2. The molecule has 0 amide bonds. The van der Waals surface area contributed by atoms with E-state index in [0.717, 1.165) is 50.0 Å². The molecule has 10 nitrogen and oxygen atoms in total. The molecule has 0 saturated heterocycles. The van der Waals surface area contributed by atoms with Crippen LogP contribution in [0.1, 0.15) is 111 Å². The molecule has 0 spiro atoms. The van der Waals surface area contributed by atoms with E-state index in [1.54, 1.807) is 13.8 Å². The summed E-state index contributed by atoms with van der Waals surface area (Å²) in [5.74, 6) is -1.84. The molecule has 6 N–H and O–H groups in total. The summed E-state index contributed by atoms with van der Waals surface area (Å²) in [6.45, 7) is 11.1. The first-order valence-electron chi connectivity index (χ1n) is 14.7. The molecule has 2 aliphatic rings. The number of fused-ring (bicyclic) bond motifs is 8. The van der Waals surface area contributed by atoms with Gasteiger partial charge in [-0.05, 0) is 112 Å². The Hall–Kier alpha value is -3.83. The smallest absolute Gasteiger partial charge is 0.303 e. The number of H-pyrrole nitrogens is 2. The third-order valence-corrected chi connectivity index (χ3v) is 8.65. The van der Waals surface area contributed by atoms with Crippen LogP contribution in [0.15, 0.2) is 24.3 Å². The van der Waals surface area contributed by atoms with Gasteiger partial charge in [0.1, 0.15) is 0 Å². The molecule has 0 aromatic carbocycles. The SMILES string of the molecule is CC1=C(CCC(=O)O)c2cc3nc(cc4[nH]c(cc5[nH]c(cc1n2)c(C)c5C(C)O)c(C)c4C(C)O)C(C)=C3CCC(=O)O.[Ti]. The van der Waals surface area contributed by atoms with Crippen molar-refractivity contribution in [3.63, 3.8) is 0 Å². The molecule has 2 unspecified atom stereocenters. The molecular formula is C34H38N4O6Ti. The molecule has 8 bridgehead atoms. The van der Waals surface area contributed by atoms with Crippen LogP contribution in [0.4, 0.5) is 0 Å². The van der Waals surface area contributed by atoms with Crippen LogP contribution in [0.5, 0.6) is 0 Å². The standard InChI is InChI=1S/C34H38N4O6.Ti/c1-15-21(7-9-31(41)42)27-14-28-22(8-10-32(43)44)16(2)24(36-28)12-29-34(20(6)40)18(4)26(38-29)13-30-33(19(5)39)17(3)25(37-30)11-23(15)35-27;/h11-14,19-20,37-40H,7-10H2,1-6H3,(H,41,42)(H,43,44);. The van der Waals surface area contributed by atoms with E-state index in [0.29, 0.717) is 39.4 Å². The number of hydrogen-bond donors (Lipinski definition) is 6. The maximum absolute atomic E-state index is 11.6. The van der Waals surface area contributed by atoms with Crippen molar-refractivity contribution in [2.75, 3.05) is 0 Å². The molecule has 3 aromatic heterocycles. The van der Waals surface area contributed by atoms with E-state index in [2.05, 4.69) is 9.97 Å². The van der Waals surface area contributed by atoms with Gasteiger partial charge in [0.05, 0.1) is 35.0 Å². The van der Waals surface area contributed by atoms with Gasteiger partial charge in [0.25, 0.3) is 0 Å². The van der Waals surface area contributed by atoms with Crippen molar-refractivity contribution >= 4 is 56.3 Å². The van der Waals surface area contributed by atoms with E-state index in [-0.39, 0.29) is 47.4 Å². The number of nitrogens with zero attached hydrogens (tertiary/aromatic N) is 2. The Kier molecular flexibility index (Phi) is 10.0. The van der Waals surface area contributed by atoms with Crippen LogP contribution in [0.25, 0.3) is 44.4 Å². The van der Waals surface area contributed by atoms with E-state index >= 15 is 0 Å². The molecule has 11 heteroatoms. The average molecular weight is 647 g/mol. The number of carboxylic acid groups (broad SMARTS) is 2. The zero-order valence-electron chi connectivity index (χ0n) is 26.3. The number of aromatic nitrogens is 4. The summed E-state index contributed by atoms with van der Waals surface area (Å²) >= 11 is 0. The summed E-state index contributed by atoms with van der Waals surface area (Å²) in [4.78, 5) is 39.8. The van der Waals surface area contributed by atoms with Crippen molar-refractivity contribution < 1.29 is 51.7 Å². The predicted molar refractivity (Wildman–Crippen MR) is 170 cm³/mol. The monoisotopic (exact) mass is 646 g/mol. The summed E-state index contributed by atoms with van der Waals surface area (Å²) in [5.41, 5.74) is 11.7. The number of aromatic amines is 2. The molecule has 2 aliphatic heterocycles. The minimum atomic E-state index is -0.921. The van der Waals surface area contributed by atoms with Gasteiger partial charge in [-0.2, -0.15) is 0 Å². The van der Waals surface area contributed by atoms with E-state index in [1.165, 1.54) is 0 Å². The Bertz CT molecular complexity index is 1930. The molecule has 0 saturated carbocycles. The summed E-state index contributed by atoms with van der Waals surface area (Å²) in [5, 5.41) is 40.5. The van der Waals surface area contributed by atoms with Gasteiger partial charge in [-0.15, -0.1) is 0 Å². The van der Waals surface area contributed by atoms with Gasteiger partial charge in [0.15, 0.2) is 0 Å². The van der Waals surface area contributed by atoms with Crippen molar-refractivity contribution in [1.82, 2.24) is 19.9 Å². The second-order valence-corrected chi connectivity index (χ2v) is 11.7. The van der Waals surface area contributed by atoms with Crippen LogP contribution in [0.2, 0.25) is 0 Å². The number of carboxylic acids is 2. The fourth-order valence-corrected chi connectivity index (χ4v) is 6.32. The van der Waals surface area contributed by atoms with E-state index in [9.17, 15) is 30.0 Å². The summed E-state index contributed by atoms with van der Waals surface area (Å²) < 4.78 is 0.